The Labute approximate surface area is 65.4 Å². The lowest BCUT2D eigenvalue weighted by molar-refractivity contribution is -0.0220. The predicted octanol–water partition coefficient (Wildman–Crippen LogP) is -2.32. The minimum atomic E-state index is -0.875. The average molecular weight is 165 g/mol. The lowest BCUT2D eigenvalue weighted by atomic mass is 10.4. The van der Waals surface area contributed by atoms with Gasteiger partial charge in [0.15, 0.2) is 0 Å². The molecule has 0 rings (SSSR count). The summed E-state index contributed by atoms with van der Waals surface area (Å²) < 4.78 is 4.80. The van der Waals surface area contributed by atoms with Crippen molar-refractivity contribution in [2.24, 2.45) is 5.73 Å². The van der Waals surface area contributed by atoms with Crippen LogP contribution in [0.25, 0.3) is 0 Å². The molecule has 0 heterocycles. The molecule has 0 aromatic rings. The SMILES string of the molecule is NCC(O)COCC(O)CO. The van der Waals surface area contributed by atoms with Crippen LogP contribution < -0.4 is 5.73 Å². The molecular formula is C6H15NO4. The van der Waals surface area contributed by atoms with Crippen molar-refractivity contribution in [3.05, 3.63) is 0 Å². The quantitative estimate of drug-likeness (QED) is 0.354. The molecule has 0 aliphatic heterocycles. The lowest BCUT2D eigenvalue weighted by Gasteiger charge is -2.10. The van der Waals surface area contributed by atoms with Crippen LogP contribution in [0.15, 0.2) is 0 Å². The summed E-state index contributed by atoms with van der Waals surface area (Å²) in [5.74, 6) is 0. The van der Waals surface area contributed by atoms with Crippen molar-refractivity contribution < 1.29 is 20.1 Å². The first-order valence-electron chi connectivity index (χ1n) is 3.45. The summed E-state index contributed by atoms with van der Waals surface area (Å²) >= 11 is 0. The van der Waals surface area contributed by atoms with Crippen LogP contribution in [-0.2, 0) is 4.74 Å². The summed E-state index contributed by atoms with van der Waals surface area (Å²) in [7, 11) is 0. The van der Waals surface area contributed by atoms with Crippen molar-refractivity contribution in [2.45, 2.75) is 12.2 Å². The third kappa shape index (κ3) is 6.21. The van der Waals surface area contributed by atoms with Crippen molar-refractivity contribution >= 4 is 0 Å². The van der Waals surface area contributed by atoms with Crippen LogP contribution in [0, 0.1) is 0 Å². The molecule has 11 heavy (non-hydrogen) atoms. The molecule has 5 nitrogen and oxygen atoms in total. The summed E-state index contributed by atoms with van der Waals surface area (Å²) in [6.45, 7) is -0.0882. The van der Waals surface area contributed by atoms with Gasteiger partial charge in [-0.3, -0.25) is 0 Å². The zero-order valence-corrected chi connectivity index (χ0v) is 6.31. The van der Waals surface area contributed by atoms with E-state index in [-0.39, 0.29) is 26.4 Å². The van der Waals surface area contributed by atoms with Crippen molar-refractivity contribution in [1.29, 1.82) is 0 Å². The van der Waals surface area contributed by atoms with Crippen LogP contribution in [0.4, 0.5) is 0 Å². The Morgan fingerprint density at radius 2 is 1.73 bits per heavy atom. The Hall–Kier alpha value is -0.200. The van der Waals surface area contributed by atoms with E-state index in [0.29, 0.717) is 0 Å². The molecule has 0 fully saturated rings. The second-order valence-electron chi connectivity index (χ2n) is 2.26. The van der Waals surface area contributed by atoms with E-state index < -0.39 is 12.2 Å². The Morgan fingerprint density at radius 1 is 1.18 bits per heavy atom. The minimum absolute atomic E-state index is 0.0214. The molecule has 0 aromatic heterocycles. The molecule has 5 heteroatoms. The molecule has 0 spiro atoms. The molecule has 0 saturated carbocycles. The standard InChI is InChI=1S/C6H15NO4/c7-1-5(9)3-11-4-6(10)2-8/h5-6,8-10H,1-4,7H2. The molecule has 0 amide bonds. The van der Waals surface area contributed by atoms with Gasteiger partial charge >= 0.3 is 0 Å². The highest BCUT2D eigenvalue weighted by molar-refractivity contribution is 4.54. The van der Waals surface area contributed by atoms with Gasteiger partial charge in [0, 0.05) is 6.54 Å². The predicted molar refractivity (Wildman–Crippen MR) is 39.0 cm³/mol. The first-order valence-corrected chi connectivity index (χ1v) is 3.45. The van der Waals surface area contributed by atoms with E-state index in [1.165, 1.54) is 0 Å². The summed E-state index contributed by atoms with van der Waals surface area (Å²) in [5, 5.41) is 25.9. The number of rotatable bonds is 6. The third-order valence-electron chi connectivity index (χ3n) is 1.10. The van der Waals surface area contributed by atoms with Crippen LogP contribution in [0.1, 0.15) is 0 Å². The highest BCUT2D eigenvalue weighted by Crippen LogP contribution is 1.86. The van der Waals surface area contributed by atoms with Gasteiger partial charge in [-0.25, -0.2) is 0 Å². The van der Waals surface area contributed by atoms with E-state index in [9.17, 15) is 0 Å². The first-order chi connectivity index (χ1) is 5.20. The summed E-state index contributed by atoms with van der Waals surface area (Å²) in [6.07, 6.45) is -1.57. The Bertz CT molecular complexity index is 80.7. The molecule has 0 aromatic carbocycles. The zero-order valence-electron chi connectivity index (χ0n) is 6.31. The maximum atomic E-state index is 8.85. The smallest absolute Gasteiger partial charge is 0.100 e. The van der Waals surface area contributed by atoms with Crippen LogP contribution in [0.3, 0.4) is 0 Å². The molecule has 68 valence electrons. The second kappa shape index (κ2) is 6.51. The van der Waals surface area contributed by atoms with E-state index in [4.69, 9.17) is 25.8 Å². The maximum absolute atomic E-state index is 8.85. The van der Waals surface area contributed by atoms with E-state index >= 15 is 0 Å². The number of ether oxygens (including phenoxy) is 1. The molecule has 5 N–H and O–H groups in total. The third-order valence-corrected chi connectivity index (χ3v) is 1.10. The summed E-state index contributed by atoms with van der Waals surface area (Å²) in [5.41, 5.74) is 5.08. The van der Waals surface area contributed by atoms with Gasteiger partial charge in [0.25, 0.3) is 0 Å². The zero-order chi connectivity index (χ0) is 8.69. The Morgan fingerprint density at radius 3 is 2.18 bits per heavy atom. The number of nitrogens with two attached hydrogens (primary N) is 1. The van der Waals surface area contributed by atoms with Crippen LogP contribution >= 0.6 is 0 Å². The molecule has 2 unspecified atom stereocenters. The fourth-order valence-electron chi connectivity index (χ4n) is 0.461. The Balaban J connectivity index is 3.13. The topological polar surface area (TPSA) is 95.9 Å². The van der Waals surface area contributed by atoms with E-state index in [0.717, 1.165) is 0 Å². The number of aliphatic hydroxyl groups excluding tert-OH is 3. The fourth-order valence-corrected chi connectivity index (χ4v) is 0.461. The van der Waals surface area contributed by atoms with Gasteiger partial charge in [0.2, 0.25) is 0 Å². The van der Waals surface area contributed by atoms with Gasteiger partial charge in [-0.1, -0.05) is 0 Å². The highest BCUT2D eigenvalue weighted by Gasteiger charge is 2.04. The van der Waals surface area contributed by atoms with Crippen molar-refractivity contribution in [3.63, 3.8) is 0 Å². The largest absolute Gasteiger partial charge is 0.394 e. The van der Waals surface area contributed by atoms with Crippen LogP contribution in [-0.4, -0.2) is 53.9 Å². The molecule has 0 aliphatic rings. The highest BCUT2D eigenvalue weighted by atomic mass is 16.5. The van der Waals surface area contributed by atoms with E-state index in [1.807, 2.05) is 0 Å². The second-order valence-corrected chi connectivity index (χ2v) is 2.26. The fraction of sp³-hybridized carbons (Fsp3) is 1.00. The number of hydrogen-bond donors (Lipinski definition) is 4. The number of aliphatic hydroxyl groups is 3. The maximum Gasteiger partial charge on any atom is 0.100 e. The first kappa shape index (κ1) is 10.8. The van der Waals surface area contributed by atoms with Crippen LogP contribution in [0.2, 0.25) is 0 Å². The Kier molecular flexibility index (Phi) is 6.39. The van der Waals surface area contributed by atoms with Gasteiger partial charge in [-0.2, -0.15) is 0 Å². The monoisotopic (exact) mass is 165 g/mol. The lowest BCUT2D eigenvalue weighted by Crippen LogP contribution is -2.28. The average Bonchev–Trinajstić information content (AvgIpc) is 2.04. The van der Waals surface area contributed by atoms with Gasteiger partial charge in [-0.05, 0) is 0 Å². The molecule has 0 radical (unpaired) electrons. The van der Waals surface area contributed by atoms with Crippen molar-refractivity contribution in [2.75, 3.05) is 26.4 Å². The molecule has 0 saturated heterocycles. The van der Waals surface area contributed by atoms with E-state index in [2.05, 4.69) is 0 Å². The van der Waals surface area contributed by atoms with Crippen molar-refractivity contribution in [1.82, 2.24) is 0 Å². The van der Waals surface area contributed by atoms with Crippen molar-refractivity contribution in [3.8, 4) is 0 Å². The molecule has 0 bridgehead atoms. The van der Waals surface area contributed by atoms with E-state index in [1.54, 1.807) is 0 Å². The van der Waals surface area contributed by atoms with Gasteiger partial charge in [-0.15, -0.1) is 0 Å². The summed E-state index contributed by atoms with van der Waals surface area (Å²) in [4.78, 5) is 0. The van der Waals surface area contributed by atoms with Crippen LogP contribution in [0.5, 0.6) is 0 Å². The number of hydrogen-bond acceptors (Lipinski definition) is 5. The van der Waals surface area contributed by atoms with Gasteiger partial charge in [0.1, 0.15) is 6.10 Å². The molecule has 0 aliphatic carbocycles. The normalized spacial score (nSPS) is 16.4. The summed E-state index contributed by atoms with van der Waals surface area (Å²) in [6, 6.07) is 0. The van der Waals surface area contributed by atoms with Gasteiger partial charge < -0.3 is 25.8 Å². The van der Waals surface area contributed by atoms with Gasteiger partial charge in [0.05, 0.1) is 25.9 Å². The molecular weight excluding hydrogens is 150 g/mol. The minimum Gasteiger partial charge on any atom is -0.394 e. The molecule has 2 atom stereocenters.